The third kappa shape index (κ3) is 2.46. The van der Waals surface area contributed by atoms with Gasteiger partial charge in [0.15, 0.2) is 0 Å². The van der Waals surface area contributed by atoms with E-state index >= 15 is 0 Å². The lowest BCUT2D eigenvalue weighted by molar-refractivity contribution is -0.138. The third-order valence-corrected chi connectivity index (χ3v) is 3.52. The van der Waals surface area contributed by atoms with E-state index in [1.165, 1.54) is 12.1 Å². The van der Waals surface area contributed by atoms with Gasteiger partial charge in [0.1, 0.15) is 0 Å². The Kier molecular flexibility index (Phi) is 3.52. The molecule has 1 saturated heterocycles. The maximum absolute atomic E-state index is 12.9. The molecule has 0 unspecified atom stereocenters. The first kappa shape index (κ1) is 13.2. The average molecular weight is 258 g/mol. The van der Waals surface area contributed by atoms with Crippen LogP contribution in [-0.4, -0.2) is 13.1 Å². The van der Waals surface area contributed by atoms with E-state index in [0.29, 0.717) is 11.6 Å². The SMILES string of the molecule is CCC1CN(c2ccc(CN)c(C(F)(F)F)c2)C1. The van der Waals surface area contributed by atoms with Crippen molar-refractivity contribution in [2.75, 3.05) is 18.0 Å². The summed E-state index contributed by atoms with van der Waals surface area (Å²) >= 11 is 0. The van der Waals surface area contributed by atoms with Crippen molar-refractivity contribution in [1.29, 1.82) is 0 Å². The molecule has 2 nitrogen and oxygen atoms in total. The summed E-state index contributed by atoms with van der Waals surface area (Å²) in [6.07, 6.45) is -3.26. The molecule has 1 heterocycles. The molecule has 2 rings (SSSR count). The molecule has 0 spiro atoms. The topological polar surface area (TPSA) is 29.3 Å². The zero-order chi connectivity index (χ0) is 13.3. The highest BCUT2D eigenvalue weighted by atomic mass is 19.4. The largest absolute Gasteiger partial charge is 0.416 e. The fourth-order valence-corrected chi connectivity index (χ4v) is 2.24. The van der Waals surface area contributed by atoms with Crippen LogP contribution in [0.1, 0.15) is 24.5 Å². The Morgan fingerprint density at radius 2 is 2.00 bits per heavy atom. The van der Waals surface area contributed by atoms with Crippen molar-refractivity contribution in [2.24, 2.45) is 11.7 Å². The number of nitrogens with two attached hydrogens (primary N) is 1. The lowest BCUT2D eigenvalue weighted by atomic mass is 9.95. The van der Waals surface area contributed by atoms with Gasteiger partial charge in [-0.25, -0.2) is 0 Å². The molecular weight excluding hydrogens is 241 g/mol. The summed E-state index contributed by atoms with van der Waals surface area (Å²) in [5.74, 6) is 0.605. The molecule has 0 bridgehead atoms. The van der Waals surface area contributed by atoms with Crippen molar-refractivity contribution < 1.29 is 13.2 Å². The Labute approximate surface area is 105 Å². The van der Waals surface area contributed by atoms with Crippen LogP contribution in [0.4, 0.5) is 18.9 Å². The first-order chi connectivity index (χ1) is 8.45. The van der Waals surface area contributed by atoms with Gasteiger partial charge in [0, 0.05) is 25.3 Å². The highest BCUT2D eigenvalue weighted by molar-refractivity contribution is 5.53. The number of halogens is 3. The van der Waals surface area contributed by atoms with Crippen molar-refractivity contribution in [3.05, 3.63) is 29.3 Å². The molecule has 2 N–H and O–H groups in total. The minimum Gasteiger partial charge on any atom is -0.371 e. The molecule has 0 radical (unpaired) electrons. The number of anilines is 1. The number of rotatable bonds is 3. The summed E-state index contributed by atoms with van der Waals surface area (Å²) in [4.78, 5) is 1.98. The van der Waals surface area contributed by atoms with E-state index in [4.69, 9.17) is 5.73 Å². The fourth-order valence-electron chi connectivity index (χ4n) is 2.24. The first-order valence-electron chi connectivity index (χ1n) is 6.10. The molecule has 18 heavy (non-hydrogen) atoms. The van der Waals surface area contributed by atoms with Crippen LogP contribution in [-0.2, 0) is 12.7 Å². The van der Waals surface area contributed by atoms with E-state index in [9.17, 15) is 13.2 Å². The molecule has 0 amide bonds. The zero-order valence-corrected chi connectivity index (χ0v) is 10.3. The monoisotopic (exact) mass is 258 g/mol. The number of hydrogen-bond acceptors (Lipinski definition) is 2. The van der Waals surface area contributed by atoms with Gasteiger partial charge in [-0.05, 0) is 30.0 Å². The minimum absolute atomic E-state index is 0.0906. The summed E-state index contributed by atoms with van der Waals surface area (Å²) in [5.41, 5.74) is 5.54. The predicted molar refractivity (Wildman–Crippen MR) is 65.3 cm³/mol. The zero-order valence-electron chi connectivity index (χ0n) is 10.3. The number of nitrogens with zero attached hydrogens (tertiary/aromatic N) is 1. The second-order valence-corrected chi connectivity index (χ2v) is 4.72. The molecule has 1 aliphatic rings. The molecule has 1 aliphatic heterocycles. The van der Waals surface area contributed by atoms with Crippen LogP contribution in [0.5, 0.6) is 0 Å². The van der Waals surface area contributed by atoms with Gasteiger partial charge >= 0.3 is 6.18 Å². The summed E-state index contributed by atoms with van der Waals surface area (Å²) in [5, 5.41) is 0. The number of alkyl halides is 3. The Balaban J connectivity index is 2.24. The number of hydrogen-bond donors (Lipinski definition) is 1. The maximum atomic E-state index is 12.9. The summed E-state index contributed by atoms with van der Waals surface area (Å²) in [7, 11) is 0. The molecular formula is C13H17F3N2. The first-order valence-corrected chi connectivity index (χ1v) is 6.10. The Bertz CT molecular complexity index is 423. The Morgan fingerprint density at radius 3 is 2.50 bits per heavy atom. The van der Waals surface area contributed by atoms with Gasteiger partial charge in [-0.2, -0.15) is 13.2 Å². The molecule has 1 aromatic rings. The van der Waals surface area contributed by atoms with Crippen molar-refractivity contribution in [1.82, 2.24) is 0 Å². The van der Waals surface area contributed by atoms with Crippen molar-refractivity contribution in [2.45, 2.75) is 26.1 Å². The van der Waals surface area contributed by atoms with Crippen LogP contribution in [0.3, 0.4) is 0 Å². The van der Waals surface area contributed by atoms with Crippen molar-refractivity contribution >= 4 is 5.69 Å². The van der Waals surface area contributed by atoms with Gasteiger partial charge in [-0.3, -0.25) is 0 Å². The molecule has 100 valence electrons. The molecule has 0 saturated carbocycles. The Hall–Kier alpha value is -1.23. The lowest BCUT2D eigenvalue weighted by Crippen LogP contribution is -2.46. The number of benzene rings is 1. The van der Waals surface area contributed by atoms with E-state index in [1.54, 1.807) is 6.07 Å². The molecule has 1 aromatic carbocycles. The molecule has 0 aliphatic carbocycles. The van der Waals surface area contributed by atoms with E-state index in [2.05, 4.69) is 6.92 Å². The second kappa shape index (κ2) is 4.80. The second-order valence-electron chi connectivity index (χ2n) is 4.72. The average Bonchev–Trinajstić information content (AvgIpc) is 2.26. The van der Waals surface area contributed by atoms with E-state index in [1.807, 2.05) is 4.90 Å². The van der Waals surface area contributed by atoms with Gasteiger partial charge in [0.25, 0.3) is 0 Å². The quantitative estimate of drug-likeness (QED) is 0.903. The summed E-state index contributed by atoms with van der Waals surface area (Å²) in [6, 6.07) is 4.43. The van der Waals surface area contributed by atoms with Crippen LogP contribution in [0.2, 0.25) is 0 Å². The van der Waals surface area contributed by atoms with Crippen molar-refractivity contribution in [3.63, 3.8) is 0 Å². The van der Waals surface area contributed by atoms with Gasteiger partial charge in [-0.1, -0.05) is 13.0 Å². The highest BCUT2D eigenvalue weighted by Gasteiger charge is 2.34. The maximum Gasteiger partial charge on any atom is 0.416 e. The Morgan fingerprint density at radius 1 is 1.33 bits per heavy atom. The van der Waals surface area contributed by atoms with Crippen LogP contribution in [0.25, 0.3) is 0 Å². The smallest absolute Gasteiger partial charge is 0.371 e. The van der Waals surface area contributed by atoms with E-state index < -0.39 is 11.7 Å². The highest BCUT2D eigenvalue weighted by Crippen LogP contribution is 2.36. The molecule has 0 aromatic heterocycles. The third-order valence-electron chi connectivity index (χ3n) is 3.52. The predicted octanol–water partition coefficient (Wildman–Crippen LogP) is 3.01. The van der Waals surface area contributed by atoms with Crippen molar-refractivity contribution in [3.8, 4) is 0 Å². The van der Waals surface area contributed by atoms with Crippen LogP contribution in [0.15, 0.2) is 18.2 Å². The van der Waals surface area contributed by atoms with E-state index in [0.717, 1.165) is 19.5 Å². The molecule has 1 fully saturated rings. The van der Waals surface area contributed by atoms with Crippen LogP contribution in [0, 0.1) is 5.92 Å². The van der Waals surface area contributed by atoms with Gasteiger partial charge < -0.3 is 10.6 Å². The fraction of sp³-hybridized carbons (Fsp3) is 0.538. The van der Waals surface area contributed by atoms with Crippen LogP contribution < -0.4 is 10.6 Å². The lowest BCUT2D eigenvalue weighted by Gasteiger charge is -2.41. The normalized spacial score (nSPS) is 16.8. The summed E-state index contributed by atoms with van der Waals surface area (Å²) < 4.78 is 38.6. The van der Waals surface area contributed by atoms with Gasteiger partial charge in [0.05, 0.1) is 5.56 Å². The standard InChI is InChI=1S/C13H17F3N2/c1-2-9-7-18(8-9)11-4-3-10(6-17)12(5-11)13(14,15)16/h3-5,9H,2,6-8,17H2,1H3. The van der Waals surface area contributed by atoms with Gasteiger partial charge in [0.2, 0.25) is 0 Å². The minimum atomic E-state index is -4.33. The molecule has 5 heteroatoms. The molecule has 0 atom stereocenters. The van der Waals surface area contributed by atoms with Crippen LogP contribution >= 0.6 is 0 Å². The van der Waals surface area contributed by atoms with E-state index in [-0.39, 0.29) is 12.1 Å². The summed E-state index contributed by atoms with van der Waals surface area (Å²) in [6.45, 7) is 3.69. The van der Waals surface area contributed by atoms with Gasteiger partial charge in [-0.15, -0.1) is 0 Å².